The quantitative estimate of drug-likeness (QED) is 0.660. The number of hydrogen-bond donors (Lipinski definition) is 2. The van der Waals surface area contributed by atoms with Gasteiger partial charge in [0.1, 0.15) is 23.5 Å². The molecule has 86 valence electrons. The molecular formula is C11H8BrN3O2. The van der Waals surface area contributed by atoms with Gasteiger partial charge < -0.3 is 15.2 Å². The molecule has 0 bridgehead atoms. The van der Waals surface area contributed by atoms with Crippen molar-refractivity contribution in [2.75, 3.05) is 12.4 Å². The Morgan fingerprint density at radius 2 is 2.12 bits per heavy atom. The van der Waals surface area contributed by atoms with Gasteiger partial charge in [-0.15, -0.1) is 0 Å². The van der Waals surface area contributed by atoms with Crippen molar-refractivity contribution in [2.24, 2.45) is 0 Å². The summed E-state index contributed by atoms with van der Waals surface area (Å²) in [5.41, 5.74) is 0.238. The summed E-state index contributed by atoms with van der Waals surface area (Å²) in [6, 6.07) is 6.54. The highest BCUT2D eigenvalue weighted by Gasteiger charge is 2.07. The third-order valence-electron chi connectivity index (χ3n) is 1.89. The van der Waals surface area contributed by atoms with Crippen LogP contribution >= 0.6 is 15.9 Å². The summed E-state index contributed by atoms with van der Waals surface area (Å²) in [4.78, 5) is 0. The van der Waals surface area contributed by atoms with E-state index in [9.17, 15) is 5.11 Å². The van der Waals surface area contributed by atoms with Crippen molar-refractivity contribution in [1.29, 1.82) is 10.5 Å². The summed E-state index contributed by atoms with van der Waals surface area (Å²) in [5, 5.41) is 29.5. The first-order valence-electron chi connectivity index (χ1n) is 4.45. The zero-order chi connectivity index (χ0) is 12.8. The number of anilines is 1. The first-order valence-corrected chi connectivity index (χ1v) is 5.25. The lowest BCUT2D eigenvalue weighted by atomic mass is 10.2. The van der Waals surface area contributed by atoms with Gasteiger partial charge in [-0.05, 0) is 22.0 Å². The topological polar surface area (TPSA) is 89.1 Å². The molecule has 0 spiro atoms. The standard InChI is InChI=1S/C11H8BrN3O2/c1-17-8-2-9(12)11(16)10(3-8)15-6-7(4-13)5-14/h2-3,6,15-16H,1H3. The number of aromatic hydroxyl groups is 1. The van der Waals surface area contributed by atoms with E-state index in [0.717, 1.165) is 0 Å². The minimum absolute atomic E-state index is 0.0303. The largest absolute Gasteiger partial charge is 0.505 e. The van der Waals surface area contributed by atoms with Gasteiger partial charge in [0.15, 0.2) is 5.75 Å². The Labute approximate surface area is 107 Å². The van der Waals surface area contributed by atoms with Gasteiger partial charge in [0.2, 0.25) is 0 Å². The fourth-order valence-corrected chi connectivity index (χ4v) is 1.48. The zero-order valence-corrected chi connectivity index (χ0v) is 10.4. The second-order valence-corrected chi connectivity index (χ2v) is 3.79. The van der Waals surface area contributed by atoms with E-state index in [-0.39, 0.29) is 11.3 Å². The van der Waals surface area contributed by atoms with Gasteiger partial charge in [0, 0.05) is 12.3 Å². The Balaban J connectivity index is 3.08. The molecule has 0 fully saturated rings. The summed E-state index contributed by atoms with van der Waals surface area (Å²) in [5.74, 6) is 0.498. The first-order chi connectivity index (χ1) is 8.12. The number of phenols is 1. The van der Waals surface area contributed by atoms with Gasteiger partial charge in [0.05, 0.1) is 17.3 Å². The van der Waals surface area contributed by atoms with E-state index in [1.807, 2.05) is 0 Å². The molecule has 0 atom stereocenters. The average Bonchev–Trinajstić information content (AvgIpc) is 2.35. The molecule has 1 aromatic carbocycles. The van der Waals surface area contributed by atoms with Crippen LogP contribution in [0.3, 0.4) is 0 Å². The predicted octanol–water partition coefficient (Wildman–Crippen LogP) is 2.51. The SMILES string of the molecule is COc1cc(Br)c(O)c(NC=C(C#N)C#N)c1. The van der Waals surface area contributed by atoms with Crippen LogP contribution in [0.15, 0.2) is 28.4 Å². The number of hydrogen-bond acceptors (Lipinski definition) is 5. The average molecular weight is 294 g/mol. The summed E-state index contributed by atoms with van der Waals surface area (Å²) >= 11 is 3.16. The highest BCUT2D eigenvalue weighted by atomic mass is 79.9. The number of benzene rings is 1. The number of halogens is 1. The fraction of sp³-hybridized carbons (Fsp3) is 0.0909. The number of phenolic OH excluding ortho intramolecular Hbond substituents is 1. The lowest BCUT2D eigenvalue weighted by Gasteiger charge is -2.08. The van der Waals surface area contributed by atoms with E-state index < -0.39 is 0 Å². The van der Waals surface area contributed by atoms with Crippen molar-refractivity contribution >= 4 is 21.6 Å². The van der Waals surface area contributed by atoms with Crippen molar-refractivity contribution in [3.05, 3.63) is 28.4 Å². The molecule has 0 aliphatic heterocycles. The third-order valence-corrected chi connectivity index (χ3v) is 2.49. The second-order valence-electron chi connectivity index (χ2n) is 2.93. The minimum Gasteiger partial charge on any atom is -0.505 e. The number of ether oxygens (including phenoxy) is 1. The smallest absolute Gasteiger partial charge is 0.153 e. The van der Waals surface area contributed by atoms with Crippen LogP contribution in [-0.2, 0) is 0 Å². The number of allylic oxidation sites excluding steroid dienone is 1. The number of rotatable bonds is 3. The number of nitriles is 2. The van der Waals surface area contributed by atoms with Gasteiger partial charge in [-0.3, -0.25) is 0 Å². The Kier molecular flexibility index (Phi) is 4.38. The molecule has 2 N–H and O–H groups in total. The van der Waals surface area contributed by atoms with Crippen LogP contribution in [0.2, 0.25) is 0 Å². The van der Waals surface area contributed by atoms with Crippen molar-refractivity contribution < 1.29 is 9.84 Å². The van der Waals surface area contributed by atoms with E-state index in [0.29, 0.717) is 15.9 Å². The number of nitrogens with zero attached hydrogens (tertiary/aromatic N) is 2. The molecule has 0 amide bonds. The Bertz CT molecular complexity index is 525. The first kappa shape index (κ1) is 12.9. The second kappa shape index (κ2) is 5.78. The maximum Gasteiger partial charge on any atom is 0.153 e. The fourth-order valence-electron chi connectivity index (χ4n) is 1.04. The van der Waals surface area contributed by atoms with Crippen LogP contribution in [-0.4, -0.2) is 12.2 Å². The monoisotopic (exact) mass is 293 g/mol. The molecule has 0 radical (unpaired) electrons. The molecule has 0 saturated carbocycles. The molecule has 0 aliphatic rings. The highest BCUT2D eigenvalue weighted by Crippen LogP contribution is 2.36. The summed E-state index contributed by atoms with van der Waals surface area (Å²) < 4.78 is 5.47. The van der Waals surface area contributed by atoms with Gasteiger partial charge in [-0.1, -0.05) is 0 Å². The Morgan fingerprint density at radius 1 is 1.47 bits per heavy atom. The molecule has 0 heterocycles. The molecule has 17 heavy (non-hydrogen) atoms. The molecule has 0 saturated heterocycles. The summed E-state index contributed by atoms with van der Waals surface area (Å²) in [6.45, 7) is 0. The molecular weight excluding hydrogens is 286 g/mol. The van der Waals surface area contributed by atoms with E-state index in [2.05, 4.69) is 21.2 Å². The van der Waals surface area contributed by atoms with Crippen molar-refractivity contribution in [1.82, 2.24) is 0 Å². The molecule has 5 nitrogen and oxygen atoms in total. The van der Waals surface area contributed by atoms with Crippen molar-refractivity contribution in [3.63, 3.8) is 0 Å². The van der Waals surface area contributed by atoms with Crippen molar-refractivity contribution in [3.8, 4) is 23.6 Å². The summed E-state index contributed by atoms with van der Waals surface area (Å²) in [6.07, 6.45) is 1.21. The van der Waals surface area contributed by atoms with Crippen LogP contribution in [0.5, 0.6) is 11.5 Å². The normalized spacial score (nSPS) is 8.71. The van der Waals surface area contributed by atoms with Gasteiger partial charge in [-0.25, -0.2) is 0 Å². The minimum atomic E-state index is -0.0941. The van der Waals surface area contributed by atoms with E-state index in [4.69, 9.17) is 15.3 Å². The van der Waals surface area contributed by atoms with Crippen LogP contribution in [0.25, 0.3) is 0 Å². The lowest BCUT2D eigenvalue weighted by Crippen LogP contribution is -1.92. The molecule has 0 unspecified atom stereocenters. The van der Waals surface area contributed by atoms with Crippen LogP contribution in [0.1, 0.15) is 0 Å². The molecule has 1 aromatic rings. The maximum atomic E-state index is 9.72. The Hall–Kier alpha value is -2.18. The van der Waals surface area contributed by atoms with E-state index in [1.54, 1.807) is 24.3 Å². The predicted molar refractivity (Wildman–Crippen MR) is 65.3 cm³/mol. The van der Waals surface area contributed by atoms with Crippen LogP contribution in [0, 0.1) is 22.7 Å². The summed E-state index contributed by atoms with van der Waals surface area (Å²) in [7, 11) is 1.49. The number of nitrogens with one attached hydrogen (secondary N) is 1. The lowest BCUT2D eigenvalue weighted by molar-refractivity contribution is 0.412. The zero-order valence-electron chi connectivity index (χ0n) is 8.86. The van der Waals surface area contributed by atoms with Gasteiger partial charge in [0.25, 0.3) is 0 Å². The Morgan fingerprint density at radius 3 is 2.65 bits per heavy atom. The molecule has 1 rings (SSSR count). The number of methoxy groups -OCH3 is 1. The third kappa shape index (κ3) is 3.13. The van der Waals surface area contributed by atoms with Crippen LogP contribution < -0.4 is 10.1 Å². The molecule has 0 aliphatic carbocycles. The highest BCUT2D eigenvalue weighted by molar-refractivity contribution is 9.10. The van der Waals surface area contributed by atoms with Crippen molar-refractivity contribution in [2.45, 2.75) is 0 Å². The molecule has 0 aromatic heterocycles. The van der Waals surface area contributed by atoms with E-state index >= 15 is 0 Å². The maximum absolute atomic E-state index is 9.72. The van der Waals surface area contributed by atoms with E-state index in [1.165, 1.54) is 13.3 Å². The van der Waals surface area contributed by atoms with Gasteiger partial charge in [-0.2, -0.15) is 10.5 Å². The van der Waals surface area contributed by atoms with Gasteiger partial charge >= 0.3 is 0 Å². The molecule has 6 heteroatoms. The van der Waals surface area contributed by atoms with Crippen LogP contribution in [0.4, 0.5) is 5.69 Å².